The summed E-state index contributed by atoms with van der Waals surface area (Å²) in [6.07, 6.45) is -0.334. The van der Waals surface area contributed by atoms with Crippen molar-refractivity contribution in [1.29, 1.82) is 0 Å². The number of hydrogen-bond acceptors (Lipinski definition) is 3. The molecule has 0 bridgehead atoms. The molecule has 1 aromatic rings. The SMILES string of the molecule is CC(C)(C)OC(=O)N1Cc2c(O)cccc2C(C)(C)C1. The van der Waals surface area contributed by atoms with Gasteiger partial charge in [0.25, 0.3) is 0 Å². The van der Waals surface area contributed by atoms with Gasteiger partial charge in [-0.25, -0.2) is 4.79 Å². The van der Waals surface area contributed by atoms with Crippen LogP contribution < -0.4 is 0 Å². The fraction of sp³-hybridized carbons (Fsp3) is 0.562. The molecule has 1 amide bonds. The Bertz CT molecular complexity index is 529. The number of aromatic hydroxyl groups is 1. The lowest BCUT2D eigenvalue weighted by Gasteiger charge is -2.40. The van der Waals surface area contributed by atoms with E-state index < -0.39 is 5.60 Å². The number of phenolic OH excluding ortho intramolecular Hbond substituents is 1. The molecule has 0 saturated heterocycles. The van der Waals surface area contributed by atoms with Gasteiger partial charge in [0.2, 0.25) is 0 Å². The van der Waals surface area contributed by atoms with E-state index in [-0.39, 0.29) is 17.3 Å². The number of fused-ring (bicyclic) bond motifs is 1. The van der Waals surface area contributed by atoms with E-state index in [1.54, 1.807) is 11.0 Å². The second-order valence-electron chi connectivity index (χ2n) is 7.02. The van der Waals surface area contributed by atoms with Crippen LogP contribution in [0.15, 0.2) is 18.2 Å². The van der Waals surface area contributed by atoms with Gasteiger partial charge >= 0.3 is 6.09 Å². The molecule has 1 aliphatic rings. The Balaban J connectivity index is 2.30. The maximum Gasteiger partial charge on any atom is 0.410 e. The minimum absolute atomic E-state index is 0.205. The van der Waals surface area contributed by atoms with Crippen LogP contribution in [0.25, 0.3) is 0 Å². The smallest absolute Gasteiger partial charge is 0.410 e. The lowest BCUT2D eigenvalue weighted by Crippen LogP contribution is -2.46. The maximum absolute atomic E-state index is 12.2. The highest BCUT2D eigenvalue weighted by Gasteiger charge is 2.36. The Labute approximate surface area is 120 Å². The maximum atomic E-state index is 12.2. The van der Waals surface area contributed by atoms with Gasteiger partial charge in [0.05, 0.1) is 6.54 Å². The highest BCUT2D eigenvalue weighted by atomic mass is 16.6. The van der Waals surface area contributed by atoms with Gasteiger partial charge < -0.3 is 14.7 Å². The summed E-state index contributed by atoms with van der Waals surface area (Å²) in [7, 11) is 0. The average molecular weight is 277 g/mol. The van der Waals surface area contributed by atoms with E-state index >= 15 is 0 Å². The zero-order valence-corrected chi connectivity index (χ0v) is 12.9. The summed E-state index contributed by atoms with van der Waals surface area (Å²) >= 11 is 0. The molecule has 1 aliphatic heterocycles. The Hall–Kier alpha value is -1.71. The normalized spacial score (nSPS) is 17.6. The average Bonchev–Trinajstić information content (AvgIpc) is 2.27. The quantitative estimate of drug-likeness (QED) is 0.790. The van der Waals surface area contributed by atoms with Crippen molar-refractivity contribution in [2.24, 2.45) is 0 Å². The second kappa shape index (κ2) is 4.69. The monoisotopic (exact) mass is 277 g/mol. The molecular weight excluding hydrogens is 254 g/mol. The first-order valence-electron chi connectivity index (χ1n) is 6.89. The standard InChI is InChI=1S/C16H23NO3/c1-15(2,3)20-14(19)17-9-11-12(16(4,5)10-17)7-6-8-13(11)18/h6-8,18H,9-10H2,1-5H3. The molecule has 0 aromatic heterocycles. The van der Waals surface area contributed by atoms with Gasteiger partial charge in [-0.05, 0) is 32.4 Å². The summed E-state index contributed by atoms with van der Waals surface area (Å²) < 4.78 is 5.43. The van der Waals surface area contributed by atoms with Crippen LogP contribution in [0.2, 0.25) is 0 Å². The van der Waals surface area contributed by atoms with Gasteiger partial charge in [-0.15, -0.1) is 0 Å². The van der Waals surface area contributed by atoms with Crippen LogP contribution in [0.1, 0.15) is 45.7 Å². The number of ether oxygens (including phenoxy) is 1. The summed E-state index contributed by atoms with van der Waals surface area (Å²) in [5.41, 5.74) is 1.19. The third-order valence-corrected chi connectivity index (χ3v) is 3.47. The van der Waals surface area contributed by atoms with Crippen molar-refractivity contribution in [3.63, 3.8) is 0 Å². The molecule has 4 heteroatoms. The minimum atomic E-state index is -0.514. The molecule has 1 N–H and O–H groups in total. The molecule has 1 aromatic carbocycles. The first-order chi connectivity index (χ1) is 9.10. The van der Waals surface area contributed by atoms with Crippen molar-refractivity contribution >= 4 is 6.09 Å². The van der Waals surface area contributed by atoms with Crippen LogP contribution in [-0.4, -0.2) is 28.2 Å². The highest BCUT2D eigenvalue weighted by molar-refractivity contribution is 5.69. The number of nitrogens with zero attached hydrogens (tertiary/aromatic N) is 1. The van der Waals surface area contributed by atoms with Gasteiger partial charge in [0.15, 0.2) is 0 Å². The van der Waals surface area contributed by atoms with E-state index in [0.29, 0.717) is 13.1 Å². The zero-order valence-electron chi connectivity index (χ0n) is 12.9. The molecule has 0 atom stereocenters. The molecule has 0 saturated carbocycles. The third-order valence-electron chi connectivity index (χ3n) is 3.47. The molecule has 0 spiro atoms. The van der Waals surface area contributed by atoms with Gasteiger partial charge in [-0.3, -0.25) is 0 Å². The Morgan fingerprint density at radius 1 is 1.35 bits per heavy atom. The van der Waals surface area contributed by atoms with Crippen LogP contribution in [0.4, 0.5) is 4.79 Å². The first kappa shape index (κ1) is 14.7. The molecule has 110 valence electrons. The number of hydrogen-bond donors (Lipinski definition) is 1. The lowest BCUT2D eigenvalue weighted by atomic mass is 9.78. The lowest BCUT2D eigenvalue weighted by molar-refractivity contribution is 0.0172. The topological polar surface area (TPSA) is 49.8 Å². The molecule has 0 fully saturated rings. The van der Waals surface area contributed by atoms with Crippen LogP contribution in [0, 0.1) is 0 Å². The van der Waals surface area contributed by atoms with E-state index in [1.807, 2.05) is 32.9 Å². The number of benzene rings is 1. The Morgan fingerprint density at radius 3 is 2.60 bits per heavy atom. The molecule has 0 aliphatic carbocycles. The van der Waals surface area contributed by atoms with E-state index in [4.69, 9.17) is 4.74 Å². The van der Waals surface area contributed by atoms with Crippen LogP contribution in [0.3, 0.4) is 0 Å². The van der Waals surface area contributed by atoms with Gasteiger partial charge in [-0.1, -0.05) is 26.0 Å². The van der Waals surface area contributed by atoms with Crippen molar-refractivity contribution in [2.75, 3.05) is 6.54 Å². The number of phenols is 1. The summed E-state index contributed by atoms with van der Waals surface area (Å²) in [5.74, 6) is 0.240. The third kappa shape index (κ3) is 2.89. The minimum Gasteiger partial charge on any atom is -0.508 e. The molecule has 2 rings (SSSR count). The fourth-order valence-electron chi connectivity index (χ4n) is 2.64. The molecule has 0 radical (unpaired) electrons. The van der Waals surface area contributed by atoms with Crippen molar-refractivity contribution in [3.8, 4) is 5.75 Å². The highest BCUT2D eigenvalue weighted by Crippen LogP contribution is 2.37. The molecule has 4 nitrogen and oxygen atoms in total. The van der Waals surface area contributed by atoms with Gasteiger partial charge in [0.1, 0.15) is 11.4 Å². The molecular formula is C16H23NO3. The number of rotatable bonds is 0. The Kier molecular flexibility index (Phi) is 3.44. The Morgan fingerprint density at radius 2 is 2.00 bits per heavy atom. The van der Waals surface area contributed by atoms with Crippen LogP contribution in [0.5, 0.6) is 5.75 Å². The predicted octanol–water partition coefficient (Wildman–Crippen LogP) is 3.42. The van der Waals surface area contributed by atoms with Gasteiger partial charge in [0, 0.05) is 17.5 Å². The number of carbonyl (C=O) groups excluding carboxylic acids is 1. The summed E-state index contributed by atoms with van der Waals surface area (Å²) in [4.78, 5) is 13.9. The molecule has 20 heavy (non-hydrogen) atoms. The van der Waals surface area contributed by atoms with E-state index in [9.17, 15) is 9.90 Å². The summed E-state index contributed by atoms with van der Waals surface area (Å²) in [5, 5.41) is 10.0. The van der Waals surface area contributed by atoms with Crippen LogP contribution >= 0.6 is 0 Å². The van der Waals surface area contributed by atoms with E-state index in [2.05, 4.69) is 13.8 Å². The van der Waals surface area contributed by atoms with Crippen molar-refractivity contribution in [3.05, 3.63) is 29.3 Å². The number of amides is 1. The van der Waals surface area contributed by atoms with Gasteiger partial charge in [-0.2, -0.15) is 0 Å². The van der Waals surface area contributed by atoms with Crippen LogP contribution in [-0.2, 0) is 16.7 Å². The van der Waals surface area contributed by atoms with E-state index in [1.165, 1.54) is 0 Å². The predicted molar refractivity (Wildman–Crippen MR) is 77.8 cm³/mol. The fourth-order valence-corrected chi connectivity index (χ4v) is 2.64. The molecule has 1 heterocycles. The largest absolute Gasteiger partial charge is 0.508 e. The first-order valence-corrected chi connectivity index (χ1v) is 6.89. The van der Waals surface area contributed by atoms with Crippen molar-refractivity contribution in [2.45, 2.75) is 52.2 Å². The van der Waals surface area contributed by atoms with Crippen molar-refractivity contribution in [1.82, 2.24) is 4.90 Å². The van der Waals surface area contributed by atoms with E-state index in [0.717, 1.165) is 11.1 Å². The second-order valence-corrected chi connectivity index (χ2v) is 7.02. The summed E-state index contributed by atoms with van der Waals surface area (Å²) in [6, 6.07) is 5.52. The van der Waals surface area contributed by atoms with Crippen molar-refractivity contribution < 1.29 is 14.6 Å². The zero-order chi connectivity index (χ0) is 15.1. The molecule has 0 unspecified atom stereocenters. The number of carbonyl (C=O) groups is 1. The summed E-state index contributed by atoms with van der Waals surface area (Å²) in [6.45, 7) is 10.7.